The summed E-state index contributed by atoms with van der Waals surface area (Å²) >= 11 is 1.49. The molecule has 36 valence electrons. The number of allylic oxidation sites excluding steroid dienone is 2. The van der Waals surface area contributed by atoms with E-state index in [1.54, 1.807) is 6.08 Å². The lowest BCUT2D eigenvalue weighted by Crippen LogP contribution is -1.87. The van der Waals surface area contributed by atoms with E-state index in [-0.39, 0.29) is 0 Å². The van der Waals surface area contributed by atoms with Crippen molar-refractivity contribution in [2.24, 2.45) is 5.73 Å². The van der Waals surface area contributed by atoms with Crippen molar-refractivity contribution in [1.29, 1.82) is 0 Å². The van der Waals surface area contributed by atoms with Crippen LogP contribution in [0.3, 0.4) is 0 Å². The van der Waals surface area contributed by atoms with Gasteiger partial charge in [0.05, 0.1) is 0 Å². The molecule has 7 heavy (non-hydrogen) atoms. The van der Waals surface area contributed by atoms with Gasteiger partial charge in [0.2, 0.25) is 0 Å². The first-order chi connectivity index (χ1) is 3.39. The van der Waals surface area contributed by atoms with Crippen LogP contribution in [0.5, 0.6) is 0 Å². The molecular weight excluding hydrogens is 106 g/mol. The van der Waals surface area contributed by atoms with E-state index in [4.69, 9.17) is 5.73 Å². The number of hydrogen-bond acceptors (Lipinski definition) is 2. The van der Waals surface area contributed by atoms with Crippen molar-refractivity contribution >= 4 is 11.8 Å². The van der Waals surface area contributed by atoms with Crippen LogP contribution in [0, 0.1) is 0 Å². The van der Waals surface area contributed by atoms with Crippen molar-refractivity contribution in [3.63, 3.8) is 0 Å². The van der Waals surface area contributed by atoms with Crippen LogP contribution in [0.1, 0.15) is 0 Å². The van der Waals surface area contributed by atoms with Crippen LogP contribution in [-0.4, -0.2) is 0 Å². The van der Waals surface area contributed by atoms with Gasteiger partial charge < -0.3 is 5.73 Å². The predicted octanol–water partition coefficient (Wildman–Crippen LogP) is 1.20. The molecule has 1 aliphatic heterocycles. The molecule has 0 fully saturated rings. The highest BCUT2D eigenvalue weighted by molar-refractivity contribution is 8.05. The Kier molecular flexibility index (Phi) is 1.25. The lowest BCUT2D eigenvalue weighted by Gasteiger charge is -1.90. The molecule has 0 unspecified atom stereocenters. The van der Waals surface area contributed by atoms with Crippen LogP contribution in [0.4, 0.5) is 0 Å². The minimum Gasteiger partial charge on any atom is -0.387 e. The molecule has 1 rings (SSSR count). The second-order valence-corrected chi connectivity index (χ2v) is 2.07. The third-order valence-electron chi connectivity index (χ3n) is 0.595. The highest BCUT2D eigenvalue weighted by Gasteiger charge is 1.83. The first-order valence-electron chi connectivity index (χ1n) is 1.93. The predicted molar refractivity (Wildman–Crippen MR) is 32.5 cm³/mol. The number of thioether (sulfide) groups is 1. The van der Waals surface area contributed by atoms with Gasteiger partial charge in [-0.25, -0.2) is 0 Å². The number of hydrogen-bond donors (Lipinski definition) is 1. The SMILES string of the molecule is NC1=C=CC=CS1. The van der Waals surface area contributed by atoms with E-state index < -0.39 is 0 Å². The third-order valence-corrected chi connectivity index (χ3v) is 1.26. The molecule has 1 aliphatic rings. The molecule has 0 radical (unpaired) electrons. The Balaban J connectivity index is 2.84. The molecule has 2 N–H and O–H groups in total. The van der Waals surface area contributed by atoms with Crippen LogP contribution >= 0.6 is 11.8 Å². The molecule has 0 aromatic rings. The monoisotopic (exact) mass is 111 g/mol. The smallest absolute Gasteiger partial charge is 0.113 e. The molecule has 0 saturated carbocycles. The van der Waals surface area contributed by atoms with Crippen molar-refractivity contribution in [2.75, 3.05) is 0 Å². The Morgan fingerprint density at radius 2 is 2.57 bits per heavy atom. The van der Waals surface area contributed by atoms with Crippen LogP contribution in [0.15, 0.2) is 28.3 Å². The Morgan fingerprint density at radius 3 is 2.86 bits per heavy atom. The van der Waals surface area contributed by atoms with Gasteiger partial charge in [0.15, 0.2) is 0 Å². The lowest BCUT2D eigenvalue weighted by atomic mass is 10.6. The zero-order chi connectivity index (χ0) is 5.11. The average Bonchev–Trinajstić information content (AvgIpc) is 1.69. The summed E-state index contributed by atoms with van der Waals surface area (Å²) in [5.74, 6) is 0. The highest BCUT2D eigenvalue weighted by atomic mass is 32.2. The van der Waals surface area contributed by atoms with E-state index in [0.717, 1.165) is 5.03 Å². The fraction of sp³-hybridized carbons (Fsp3) is 0. The van der Waals surface area contributed by atoms with Gasteiger partial charge in [-0.1, -0.05) is 17.5 Å². The van der Waals surface area contributed by atoms with E-state index in [9.17, 15) is 0 Å². The quantitative estimate of drug-likeness (QED) is 0.475. The highest BCUT2D eigenvalue weighted by Crippen LogP contribution is 2.11. The van der Waals surface area contributed by atoms with Crippen molar-refractivity contribution in [2.45, 2.75) is 0 Å². The summed E-state index contributed by atoms with van der Waals surface area (Å²) in [7, 11) is 0. The molecule has 2 heteroatoms. The van der Waals surface area contributed by atoms with Gasteiger partial charge in [-0.3, -0.25) is 0 Å². The van der Waals surface area contributed by atoms with E-state index >= 15 is 0 Å². The van der Waals surface area contributed by atoms with Crippen LogP contribution in [0.2, 0.25) is 0 Å². The molecule has 0 saturated heterocycles. The second kappa shape index (κ2) is 1.92. The zero-order valence-corrected chi connectivity index (χ0v) is 4.53. The molecule has 0 amide bonds. The first kappa shape index (κ1) is 4.57. The molecule has 1 nitrogen and oxygen atoms in total. The molecular formula is C5H5NS. The van der Waals surface area contributed by atoms with E-state index in [0.29, 0.717) is 0 Å². The summed E-state index contributed by atoms with van der Waals surface area (Å²) in [6.07, 6.45) is 3.70. The minimum atomic E-state index is 0.738. The van der Waals surface area contributed by atoms with Crippen LogP contribution in [-0.2, 0) is 0 Å². The Bertz CT molecular complexity index is 151. The fourth-order valence-electron chi connectivity index (χ4n) is 0.316. The van der Waals surface area contributed by atoms with Crippen molar-refractivity contribution in [1.82, 2.24) is 0 Å². The maximum Gasteiger partial charge on any atom is 0.113 e. The standard InChI is InChI=1S/C5H5NS/c6-5-3-1-2-4-7-5/h1-2,4H,6H2. The van der Waals surface area contributed by atoms with E-state index in [1.807, 2.05) is 11.5 Å². The van der Waals surface area contributed by atoms with Crippen molar-refractivity contribution in [3.8, 4) is 0 Å². The van der Waals surface area contributed by atoms with Gasteiger partial charge in [-0.2, -0.15) is 0 Å². The number of nitrogens with two attached hydrogens (primary N) is 1. The van der Waals surface area contributed by atoms with Crippen molar-refractivity contribution < 1.29 is 0 Å². The average molecular weight is 111 g/mol. The lowest BCUT2D eigenvalue weighted by molar-refractivity contribution is 1.56. The molecule has 0 bridgehead atoms. The maximum atomic E-state index is 5.32. The van der Waals surface area contributed by atoms with Crippen molar-refractivity contribution in [3.05, 3.63) is 28.3 Å². The topological polar surface area (TPSA) is 26.0 Å². The summed E-state index contributed by atoms with van der Waals surface area (Å²) in [4.78, 5) is 0. The van der Waals surface area contributed by atoms with Crippen LogP contribution in [0.25, 0.3) is 0 Å². The Hall–Kier alpha value is -0.590. The third kappa shape index (κ3) is 1.15. The molecule has 1 heterocycles. The maximum absolute atomic E-state index is 5.32. The molecule has 0 aromatic heterocycles. The van der Waals surface area contributed by atoms with Gasteiger partial charge in [0, 0.05) is 0 Å². The van der Waals surface area contributed by atoms with Gasteiger partial charge >= 0.3 is 0 Å². The van der Waals surface area contributed by atoms with Gasteiger partial charge in [0.25, 0.3) is 0 Å². The summed E-state index contributed by atoms with van der Waals surface area (Å²) in [6.45, 7) is 0. The largest absolute Gasteiger partial charge is 0.387 e. The summed E-state index contributed by atoms with van der Waals surface area (Å²) in [5, 5.41) is 2.66. The normalized spacial score (nSPS) is 16.9. The minimum absolute atomic E-state index is 0.738. The van der Waals surface area contributed by atoms with E-state index in [1.165, 1.54) is 11.8 Å². The second-order valence-electron chi connectivity index (χ2n) is 1.12. The molecule has 0 spiro atoms. The Labute approximate surface area is 46.6 Å². The Morgan fingerprint density at radius 1 is 1.71 bits per heavy atom. The van der Waals surface area contributed by atoms with E-state index in [2.05, 4.69) is 5.73 Å². The molecule has 0 aromatic carbocycles. The zero-order valence-electron chi connectivity index (χ0n) is 3.72. The summed E-state index contributed by atoms with van der Waals surface area (Å²) < 4.78 is 0. The van der Waals surface area contributed by atoms with Gasteiger partial charge in [-0.05, 0) is 17.6 Å². The van der Waals surface area contributed by atoms with Gasteiger partial charge in [-0.15, -0.1) is 0 Å². The first-order valence-corrected chi connectivity index (χ1v) is 2.81. The molecule has 0 atom stereocenters. The fourth-order valence-corrected chi connectivity index (χ4v) is 0.756. The summed E-state index contributed by atoms with van der Waals surface area (Å²) in [6, 6.07) is 0. The molecule has 0 aliphatic carbocycles. The number of rotatable bonds is 0. The summed E-state index contributed by atoms with van der Waals surface area (Å²) in [5.41, 5.74) is 8.15. The van der Waals surface area contributed by atoms with Gasteiger partial charge in [0.1, 0.15) is 5.03 Å². The van der Waals surface area contributed by atoms with Crippen LogP contribution < -0.4 is 5.73 Å².